The summed E-state index contributed by atoms with van der Waals surface area (Å²) in [5.74, 6) is 0.566. The molecule has 5 heteroatoms. The topological polar surface area (TPSA) is 55.6 Å². The van der Waals surface area contributed by atoms with Crippen LogP contribution in [0.5, 0.6) is 0 Å². The second kappa shape index (κ2) is 6.26. The molecule has 1 amide bonds. The van der Waals surface area contributed by atoms with E-state index in [9.17, 15) is 4.79 Å². The molecule has 1 aliphatic rings. The molecule has 1 aliphatic heterocycles. The van der Waals surface area contributed by atoms with Crippen molar-refractivity contribution < 1.29 is 14.1 Å². The Morgan fingerprint density at radius 2 is 2.33 bits per heavy atom. The van der Waals surface area contributed by atoms with Gasteiger partial charge in [-0.2, -0.15) is 0 Å². The predicted molar refractivity (Wildman–Crippen MR) is 78.9 cm³/mol. The summed E-state index contributed by atoms with van der Waals surface area (Å²) in [6, 6.07) is 7.65. The fourth-order valence-corrected chi connectivity index (χ4v) is 2.98. The number of methoxy groups -OCH3 is 1. The third-order valence-corrected chi connectivity index (χ3v) is 4.04. The molecule has 0 bridgehead atoms. The van der Waals surface area contributed by atoms with Gasteiger partial charge >= 0.3 is 0 Å². The maximum atomic E-state index is 12.5. The normalized spacial score (nSPS) is 19.1. The van der Waals surface area contributed by atoms with Crippen LogP contribution in [0.15, 0.2) is 28.8 Å². The Hall–Kier alpha value is -1.88. The minimum absolute atomic E-state index is 0.120. The summed E-state index contributed by atoms with van der Waals surface area (Å²) in [4.78, 5) is 14.4. The van der Waals surface area contributed by atoms with Gasteiger partial charge in [-0.3, -0.25) is 4.79 Å². The van der Waals surface area contributed by atoms with Crippen molar-refractivity contribution in [2.75, 3.05) is 26.8 Å². The Kier molecular flexibility index (Phi) is 4.20. The highest BCUT2D eigenvalue weighted by Crippen LogP contribution is 2.21. The molecule has 0 N–H and O–H groups in total. The SMILES string of the molecule is COCC1CCCN(C(=O)Cc2noc3ccccc23)C1. The summed E-state index contributed by atoms with van der Waals surface area (Å²) in [6.07, 6.45) is 2.47. The molecule has 0 radical (unpaired) electrons. The first-order chi connectivity index (χ1) is 10.3. The van der Waals surface area contributed by atoms with E-state index >= 15 is 0 Å². The molecular weight excluding hydrogens is 268 g/mol. The minimum atomic E-state index is 0.120. The first kappa shape index (κ1) is 14.1. The summed E-state index contributed by atoms with van der Waals surface area (Å²) in [6.45, 7) is 2.33. The van der Waals surface area contributed by atoms with Crippen LogP contribution >= 0.6 is 0 Å². The second-order valence-corrected chi connectivity index (χ2v) is 5.61. The van der Waals surface area contributed by atoms with Gasteiger partial charge in [-0.25, -0.2) is 0 Å². The van der Waals surface area contributed by atoms with E-state index in [2.05, 4.69) is 5.16 Å². The number of ether oxygens (including phenoxy) is 1. The van der Waals surface area contributed by atoms with Crippen molar-refractivity contribution in [1.29, 1.82) is 0 Å². The molecule has 1 atom stereocenters. The molecule has 0 spiro atoms. The fourth-order valence-electron chi connectivity index (χ4n) is 2.98. The largest absolute Gasteiger partial charge is 0.384 e. The fraction of sp³-hybridized carbons (Fsp3) is 0.500. The van der Waals surface area contributed by atoms with E-state index in [-0.39, 0.29) is 5.91 Å². The molecule has 0 aliphatic carbocycles. The van der Waals surface area contributed by atoms with Crippen LogP contribution in [0.4, 0.5) is 0 Å². The van der Waals surface area contributed by atoms with E-state index in [1.54, 1.807) is 7.11 Å². The maximum Gasteiger partial charge on any atom is 0.228 e. The van der Waals surface area contributed by atoms with Gasteiger partial charge in [-0.1, -0.05) is 17.3 Å². The van der Waals surface area contributed by atoms with Crippen LogP contribution in [0, 0.1) is 5.92 Å². The molecule has 1 aromatic heterocycles. The molecule has 0 saturated carbocycles. The molecule has 1 saturated heterocycles. The molecular formula is C16H20N2O3. The van der Waals surface area contributed by atoms with E-state index in [4.69, 9.17) is 9.26 Å². The van der Waals surface area contributed by atoms with Gasteiger partial charge in [0.05, 0.1) is 13.0 Å². The number of benzene rings is 1. The molecule has 5 nitrogen and oxygen atoms in total. The highest BCUT2D eigenvalue weighted by Gasteiger charge is 2.24. The Bertz CT molecular complexity index is 621. The van der Waals surface area contributed by atoms with Crippen LogP contribution < -0.4 is 0 Å². The molecule has 112 valence electrons. The number of hydrogen-bond donors (Lipinski definition) is 0. The number of para-hydroxylation sites is 1. The van der Waals surface area contributed by atoms with Gasteiger partial charge in [-0.05, 0) is 30.9 Å². The predicted octanol–water partition coefficient (Wildman–Crippen LogP) is 2.26. The second-order valence-electron chi connectivity index (χ2n) is 5.61. The lowest BCUT2D eigenvalue weighted by Crippen LogP contribution is -2.41. The van der Waals surface area contributed by atoms with Crippen molar-refractivity contribution in [2.45, 2.75) is 19.3 Å². The van der Waals surface area contributed by atoms with E-state index in [1.807, 2.05) is 29.2 Å². The third kappa shape index (κ3) is 3.08. The number of fused-ring (bicyclic) bond motifs is 1. The average molecular weight is 288 g/mol. The maximum absolute atomic E-state index is 12.5. The quantitative estimate of drug-likeness (QED) is 0.866. The van der Waals surface area contributed by atoms with Gasteiger partial charge in [0.25, 0.3) is 0 Å². The van der Waals surface area contributed by atoms with Crippen molar-refractivity contribution in [2.24, 2.45) is 5.92 Å². The summed E-state index contributed by atoms with van der Waals surface area (Å²) < 4.78 is 10.5. The zero-order valence-corrected chi connectivity index (χ0v) is 12.2. The lowest BCUT2D eigenvalue weighted by atomic mass is 9.98. The van der Waals surface area contributed by atoms with Gasteiger partial charge in [0.2, 0.25) is 5.91 Å². The van der Waals surface area contributed by atoms with E-state index in [0.717, 1.165) is 49.2 Å². The lowest BCUT2D eigenvalue weighted by Gasteiger charge is -2.32. The van der Waals surface area contributed by atoms with Gasteiger partial charge in [0.15, 0.2) is 5.58 Å². The minimum Gasteiger partial charge on any atom is -0.384 e. The number of amides is 1. The van der Waals surface area contributed by atoms with Gasteiger partial charge in [-0.15, -0.1) is 0 Å². The molecule has 2 aromatic rings. The van der Waals surface area contributed by atoms with Gasteiger partial charge in [0.1, 0.15) is 5.69 Å². The number of carbonyl (C=O) groups is 1. The smallest absolute Gasteiger partial charge is 0.228 e. The number of rotatable bonds is 4. The highest BCUT2D eigenvalue weighted by molar-refractivity contribution is 5.86. The number of piperidine rings is 1. The van der Waals surface area contributed by atoms with Crippen molar-refractivity contribution >= 4 is 16.9 Å². The van der Waals surface area contributed by atoms with E-state index < -0.39 is 0 Å². The molecule has 1 fully saturated rings. The number of hydrogen-bond acceptors (Lipinski definition) is 4. The average Bonchev–Trinajstić information content (AvgIpc) is 2.91. The van der Waals surface area contributed by atoms with Gasteiger partial charge in [0, 0.05) is 25.6 Å². The number of likely N-dealkylation sites (tertiary alicyclic amines) is 1. The van der Waals surface area contributed by atoms with Crippen LogP contribution in [0.2, 0.25) is 0 Å². The van der Waals surface area contributed by atoms with Crippen molar-refractivity contribution in [3.8, 4) is 0 Å². The summed E-state index contributed by atoms with van der Waals surface area (Å²) in [5.41, 5.74) is 1.46. The van der Waals surface area contributed by atoms with E-state index in [0.29, 0.717) is 12.3 Å². The summed E-state index contributed by atoms with van der Waals surface area (Å²) >= 11 is 0. The van der Waals surface area contributed by atoms with Crippen LogP contribution in [-0.4, -0.2) is 42.8 Å². The van der Waals surface area contributed by atoms with Crippen LogP contribution in [0.3, 0.4) is 0 Å². The molecule has 21 heavy (non-hydrogen) atoms. The lowest BCUT2D eigenvalue weighted by molar-refractivity contribution is -0.132. The summed E-state index contributed by atoms with van der Waals surface area (Å²) in [7, 11) is 1.71. The Morgan fingerprint density at radius 3 is 3.19 bits per heavy atom. The number of nitrogens with zero attached hydrogens (tertiary/aromatic N) is 2. The number of aromatic nitrogens is 1. The van der Waals surface area contributed by atoms with Crippen molar-refractivity contribution in [1.82, 2.24) is 10.1 Å². The standard InChI is InChI=1S/C16H20N2O3/c1-20-11-12-5-4-8-18(10-12)16(19)9-14-13-6-2-3-7-15(13)21-17-14/h2-3,6-7,12H,4-5,8-11H2,1H3. The van der Waals surface area contributed by atoms with Crippen molar-refractivity contribution in [3.63, 3.8) is 0 Å². The zero-order chi connectivity index (χ0) is 14.7. The zero-order valence-electron chi connectivity index (χ0n) is 12.2. The summed E-state index contributed by atoms with van der Waals surface area (Å²) in [5, 5.41) is 4.97. The van der Waals surface area contributed by atoms with Crippen molar-refractivity contribution in [3.05, 3.63) is 30.0 Å². The van der Waals surface area contributed by atoms with E-state index in [1.165, 1.54) is 0 Å². The highest BCUT2D eigenvalue weighted by atomic mass is 16.5. The monoisotopic (exact) mass is 288 g/mol. The molecule has 3 rings (SSSR count). The van der Waals surface area contributed by atoms with Gasteiger partial charge < -0.3 is 14.2 Å². The van der Waals surface area contributed by atoms with Crippen LogP contribution in [0.25, 0.3) is 11.0 Å². The first-order valence-electron chi connectivity index (χ1n) is 7.38. The third-order valence-electron chi connectivity index (χ3n) is 4.04. The molecule has 1 unspecified atom stereocenters. The van der Waals surface area contributed by atoms with Crippen LogP contribution in [-0.2, 0) is 16.0 Å². The Labute approximate surface area is 123 Å². The number of carbonyl (C=O) groups excluding carboxylic acids is 1. The molecule has 2 heterocycles. The Balaban J connectivity index is 1.68. The first-order valence-corrected chi connectivity index (χ1v) is 7.38. The van der Waals surface area contributed by atoms with Crippen LogP contribution in [0.1, 0.15) is 18.5 Å². The Morgan fingerprint density at radius 1 is 1.48 bits per heavy atom. The molecule has 1 aromatic carbocycles.